The van der Waals surface area contributed by atoms with Crippen molar-refractivity contribution in [1.29, 1.82) is 0 Å². The highest BCUT2D eigenvalue weighted by Gasteiger charge is 2.54. The highest BCUT2D eigenvalue weighted by Crippen LogP contribution is 2.60. The van der Waals surface area contributed by atoms with Crippen molar-refractivity contribution in [2.24, 2.45) is 23.2 Å². The van der Waals surface area contributed by atoms with Gasteiger partial charge in [0.2, 0.25) is 5.91 Å². The number of alkyl halides is 1. The number of nitrogens with one attached hydrogen (secondary N) is 1. The third-order valence-electron chi connectivity index (χ3n) is 6.51. The molecule has 0 aromatic carbocycles. The second-order valence-electron chi connectivity index (χ2n) is 8.12. The molecule has 0 saturated heterocycles. The molecule has 4 bridgehead atoms. The van der Waals surface area contributed by atoms with Gasteiger partial charge in [0, 0.05) is 16.8 Å². The Morgan fingerprint density at radius 1 is 0.900 bits per heavy atom. The van der Waals surface area contributed by atoms with Gasteiger partial charge in [-0.1, -0.05) is 0 Å². The molecular formula is C17H26ClNO. The molecule has 0 aromatic rings. The Balaban J connectivity index is 1.43. The van der Waals surface area contributed by atoms with Gasteiger partial charge in [-0.05, 0) is 82.0 Å². The van der Waals surface area contributed by atoms with Gasteiger partial charge in [-0.15, -0.1) is 11.6 Å². The number of hydrogen-bond acceptors (Lipinski definition) is 1. The number of rotatable bonds is 2. The Morgan fingerprint density at radius 2 is 1.40 bits per heavy atom. The van der Waals surface area contributed by atoms with Gasteiger partial charge in [-0.2, -0.15) is 0 Å². The van der Waals surface area contributed by atoms with E-state index in [1.165, 1.54) is 38.5 Å². The lowest BCUT2D eigenvalue weighted by Crippen LogP contribution is -2.55. The van der Waals surface area contributed by atoms with E-state index in [-0.39, 0.29) is 5.41 Å². The van der Waals surface area contributed by atoms with Crippen molar-refractivity contribution in [2.75, 3.05) is 0 Å². The largest absolute Gasteiger partial charge is 0.353 e. The molecular weight excluding hydrogens is 270 g/mol. The quantitative estimate of drug-likeness (QED) is 0.770. The van der Waals surface area contributed by atoms with Gasteiger partial charge in [0.1, 0.15) is 0 Å². The Hall–Kier alpha value is -0.240. The van der Waals surface area contributed by atoms with Crippen molar-refractivity contribution >= 4 is 17.5 Å². The van der Waals surface area contributed by atoms with Crippen LogP contribution in [0.2, 0.25) is 0 Å². The molecule has 5 aliphatic carbocycles. The van der Waals surface area contributed by atoms with Crippen LogP contribution in [-0.4, -0.2) is 17.3 Å². The average Bonchev–Trinajstić information content (AvgIpc) is 2.40. The van der Waals surface area contributed by atoms with E-state index in [2.05, 4.69) is 5.32 Å². The van der Waals surface area contributed by atoms with E-state index in [9.17, 15) is 4.79 Å². The number of amides is 1. The summed E-state index contributed by atoms with van der Waals surface area (Å²) >= 11 is 6.16. The van der Waals surface area contributed by atoms with Gasteiger partial charge in [0.25, 0.3) is 0 Å². The summed E-state index contributed by atoms with van der Waals surface area (Å²) in [6.07, 6.45) is 12.0. The van der Waals surface area contributed by atoms with Gasteiger partial charge in [-0.25, -0.2) is 0 Å². The van der Waals surface area contributed by atoms with Gasteiger partial charge in [-0.3, -0.25) is 4.79 Å². The van der Waals surface area contributed by atoms with Gasteiger partial charge < -0.3 is 5.32 Å². The predicted molar refractivity (Wildman–Crippen MR) is 80.6 cm³/mol. The molecule has 0 spiro atoms. The predicted octanol–water partition coefficient (Wildman–Crippen LogP) is 3.87. The van der Waals surface area contributed by atoms with E-state index < -0.39 is 0 Å². The summed E-state index contributed by atoms with van der Waals surface area (Å²) in [5, 5.41) is 3.73. The van der Waals surface area contributed by atoms with E-state index in [4.69, 9.17) is 11.6 Å². The molecule has 0 aromatic heterocycles. The Bertz CT molecular complexity index is 365. The lowest BCUT2D eigenvalue weighted by Gasteiger charge is -2.56. The maximum atomic E-state index is 12.9. The smallest absolute Gasteiger partial charge is 0.226 e. The molecule has 0 heterocycles. The molecule has 1 N–H and O–H groups in total. The normalized spacial score (nSPS) is 50.1. The van der Waals surface area contributed by atoms with Crippen LogP contribution >= 0.6 is 11.6 Å². The summed E-state index contributed by atoms with van der Waals surface area (Å²) in [6, 6.07) is 0.394. The van der Waals surface area contributed by atoms with Gasteiger partial charge in [0.05, 0.1) is 0 Å². The molecule has 0 radical (unpaired) electrons. The van der Waals surface area contributed by atoms with Gasteiger partial charge in [0.15, 0.2) is 0 Å². The van der Waals surface area contributed by atoms with Crippen LogP contribution in [0.15, 0.2) is 0 Å². The highest BCUT2D eigenvalue weighted by molar-refractivity contribution is 6.20. The second-order valence-corrected chi connectivity index (χ2v) is 8.74. The van der Waals surface area contributed by atoms with Crippen LogP contribution in [-0.2, 0) is 4.79 Å². The van der Waals surface area contributed by atoms with Crippen molar-refractivity contribution in [2.45, 2.75) is 75.6 Å². The maximum Gasteiger partial charge on any atom is 0.226 e. The summed E-state index contributed by atoms with van der Waals surface area (Å²) < 4.78 is 0. The fourth-order valence-corrected chi connectivity index (χ4v) is 6.18. The van der Waals surface area contributed by atoms with Crippen LogP contribution in [0.25, 0.3) is 0 Å². The number of hydrogen-bond donors (Lipinski definition) is 1. The number of carbonyl (C=O) groups is 1. The third-order valence-corrected chi connectivity index (χ3v) is 6.95. The maximum absolute atomic E-state index is 12.9. The van der Waals surface area contributed by atoms with Crippen molar-refractivity contribution in [3.05, 3.63) is 0 Å². The molecule has 112 valence electrons. The molecule has 20 heavy (non-hydrogen) atoms. The summed E-state index contributed by atoms with van der Waals surface area (Å²) in [5.41, 5.74) is 0.0204. The first kappa shape index (κ1) is 13.4. The van der Waals surface area contributed by atoms with Crippen LogP contribution in [0.4, 0.5) is 0 Å². The van der Waals surface area contributed by atoms with E-state index in [1.54, 1.807) is 0 Å². The minimum Gasteiger partial charge on any atom is -0.353 e. The standard InChI is InChI=1S/C17H26ClNO/c18-14-1-3-15(4-2-14)19-16(20)17-8-11-5-12(9-17)7-13(6-11)10-17/h11-15H,1-10H2,(H,19,20). The van der Waals surface area contributed by atoms with Crippen molar-refractivity contribution in [1.82, 2.24) is 5.32 Å². The van der Waals surface area contributed by atoms with E-state index in [0.29, 0.717) is 17.3 Å². The lowest BCUT2D eigenvalue weighted by molar-refractivity contribution is -0.147. The Morgan fingerprint density at radius 3 is 1.90 bits per heavy atom. The summed E-state index contributed by atoms with van der Waals surface area (Å²) in [6.45, 7) is 0. The zero-order valence-electron chi connectivity index (χ0n) is 12.2. The summed E-state index contributed by atoms with van der Waals surface area (Å²) in [5.74, 6) is 2.95. The monoisotopic (exact) mass is 295 g/mol. The van der Waals surface area contributed by atoms with Crippen LogP contribution in [0, 0.1) is 23.2 Å². The van der Waals surface area contributed by atoms with E-state index >= 15 is 0 Å². The molecule has 5 rings (SSSR count). The molecule has 5 fully saturated rings. The minimum atomic E-state index is 0.0204. The second kappa shape index (κ2) is 4.90. The molecule has 0 atom stereocenters. The fraction of sp³-hybridized carbons (Fsp3) is 0.941. The Kier molecular flexibility index (Phi) is 3.29. The Labute approximate surface area is 127 Å². The first-order chi connectivity index (χ1) is 9.63. The average molecular weight is 296 g/mol. The highest BCUT2D eigenvalue weighted by atomic mass is 35.5. The number of halogens is 1. The zero-order chi connectivity index (χ0) is 13.7. The van der Waals surface area contributed by atoms with E-state index in [0.717, 1.165) is 43.4 Å². The molecule has 1 amide bonds. The van der Waals surface area contributed by atoms with Crippen molar-refractivity contribution in [3.8, 4) is 0 Å². The number of carbonyl (C=O) groups excluding carboxylic acids is 1. The molecule has 5 saturated carbocycles. The summed E-state index contributed by atoms with van der Waals surface area (Å²) in [4.78, 5) is 12.9. The molecule has 0 aliphatic heterocycles. The first-order valence-electron chi connectivity index (χ1n) is 8.58. The van der Waals surface area contributed by atoms with Crippen molar-refractivity contribution < 1.29 is 4.79 Å². The van der Waals surface area contributed by atoms with Crippen LogP contribution < -0.4 is 5.32 Å². The van der Waals surface area contributed by atoms with E-state index in [1.807, 2.05) is 0 Å². The van der Waals surface area contributed by atoms with Crippen LogP contribution in [0.1, 0.15) is 64.2 Å². The SMILES string of the molecule is O=C(NC1CCC(Cl)CC1)C12CC3CC(CC(C3)C1)C2. The molecule has 5 aliphatic rings. The minimum absolute atomic E-state index is 0.0204. The summed E-state index contributed by atoms with van der Waals surface area (Å²) in [7, 11) is 0. The van der Waals surface area contributed by atoms with Crippen LogP contribution in [0.5, 0.6) is 0 Å². The zero-order valence-corrected chi connectivity index (χ0v) is 13.0. The molecule has 0 unspecified atom stereocenters. The first-order valence-corrected chi connectivity index (χ1v) is 9.02. The molecule has 3 heteroatoms. The van der Waals surface area contributed by atoms with Crippen molar-refractivity contribution in [3.63, 3.8) is 0 Å². The third kappa shape index (κ3) is 2.28. The topological polar surface area (TPSA) is 29.1 Å². The van der Waals surface area contributed by atoms with Crippen LogP contribution in [0.3, 0.4) is 0 Å². The molecule has 2 nitrogen and oxygen atoms in total. The fourth-order valence-electron chi connectivity index (χ4n) is 5.92. The lowest BCUT2D eigenvalue weighted by atomic mass is 9.49. The van der Waals surface area contributed by atoms with Gasteiger partial charge >= 0.3 is 0 Å².